The summed E-state index contributed by atoms with van der Waals surface area (Å²) in [6, 6.07) is 0.804. The Labute approximate surface area is 90.7 Å². The number of azide groups is 1. The zero-order valence-corrected chi connectivity index (χ0v) is 9.18. The lowest BCUT2D eigenvalue weighted by Gasteiger charge is -2.37. The molecule has 2 aliphatic rings. The highest BCUT2D eigenvalue weighted by molar-refractivity contribution is 4.86. The topological polar surface area (TPSA) is 55.2 Å². The molecule has 5 nitrogen and oxygen atoms in total. The molecule has 0 amide bonds. The molecular formula is C10H19N5. The quantitative estimate of drug-likeness (QED) is 0.305. The summed E-state index contributed by atoms with van der Waals surface area (Å²) in [5, 5.41) is 3.57. The molecule has 2 rings (SSSR count). The van der Waals surface area contributed by atoms with Crippen LogP contribution in [0.4, 0.5) is 0 Å². The van der Waals surface area contributed by atoms with E-state index < -0.39 is 0 Å². The monoisotopic (exact) mass is 209 g/mol. The van der Waals surface area contributed by atoms with E-state index in [1.54, 1.807) is 0 Å². The van der Waals surface area contributed by atoms with Gasteiger partial charge >= 0.3 is 0 Å². The molecule has 84 valence electrons. The molecule has 0 saturated carbocycles. The Kier molecular flexibility index (Phi) is 3.83. The second-order valence-corrected chi connectivity index (χ2v) is 4.44. The minimum Gasteiger partial charge on any atom is -0.301 e. The lowest BCUT2D eigenvalue weighted by atomic mass is 10.1. The zero-order valence-electron chi connectivity index (χ0n) is 9.18. The lowest BCUT2D eigenvalue weighted by Crippen LogP contribution is -2.50. The molecule has 0 spiro atoms. The van der Waals surface area contributed by atoms with E-state index >= 15 is 0 Å². The van der Waals surface area contributed by atoms with Crippen LogP contribution in [0, 0.1) is 0 Å². The van der Waals surface area contributed by atoms with Gasteiger partial charge in [-0.2, -0.15) is 0 Å². The minimum atomic E-state index is 0.640. The normalized spacial score (nSPS) is 27.3. The molecule has 1 unspecified atom stereocenters. The third kappa shape index (κ3) is 2.84. The first-order valence-corrected chi connectivity index (χ1v) is 5.87. The van der Waals surface area contributed by atoms with E-state index in [1.165, 1.54) is 39.0 Å². The number of hydrogen-bond donors (Lipinski definition) is 0. The standard InChI is InChI=1S/C10H19N5/c11-13-12-4-2-5-14-7-8-15-6-1-3-10(15)9-14/h10H,1-9H2. The molecule has 2 heterocycles. The van der Waals surface area contributed by atoms with Crippen molar-refractivity contribution >= 4 is 0 Å². The fourth-order valence-corrected chi connectivity index (χ4v) is 2.67. The molecule has 0 aliphatic carbocycles. The van der Waals surface area contributed by atoms with Crippen molar-refractivity contribution in [3.05, 3.63) is 10.4 Å². The number of piperazine rings is 1. The molecule has 0 N–H and O–H groups in total. The van der Waals surface area contributed by atoms with Gasteiger partial charge in [0, 0.05) is 37.1 Å². The number of nitrogens with zero attached hydrogens (tertiary/aromatic N) is 5. The van der Waals surface area contributed by atoms with Gasteiger partial charge in [-0.25, -0.2) is 0 Å². The molecule has 0 radical (unpaired) electrons. The SMILES string of the molecule is [N-]=[N+]=NCCCN1CCN2CCCC2C1. The van der Waals surface area contributed by atoms with Gasteiger partial charge < -0.3 is 4.90 Å². The first-order chi connectivity index (χ1) is 7.40. The van der Waals surface area contributed by atoms with E-state index in [1.807, 2.05) is 0 Å². The summed E-state index contributed by atoms with van der Waals surface area (Å²) in [6.07, 6.45) is 3.74. The zero-order chi connectivity index (χ0) is 10.5. The summed E-state index contributed by atoms with van der Waals surface area (Å²) in [5.74, 6) is 0. The van der Waals surface area contributed by atoms with Crippen LogP contribution in [-0.2, 0) is 0 Å². The summed E-state index contributed by atoms with van der Waals surface area (Å²) in [7, 11) is 0. The summed E-state index contributed by atoms with van der Waals surface area (Å²) in [4.78, 5) is 7.90. The van der Waals surface area contributed by atoms with Crippen molar-refractivity contribution in [1.29, 1.82) is 0 Å². The average Bonchev–Trinajstić information content (AvgIpc) is 2.71. The van der Waals surface area contributed by atoms with E-state index in [2.05, 4.69) is 19.8 Å². The van der Waals surface area contributed by atoms with E-state index in [-0.39, 0.29) is 0 Å². The van der Waals surface area contributed by atoms with Crippen molar-refractivity contribution in [2.45, 2.75) is 25.3 Å². The third-order valence-electron chi connectivity index (χ3n) is 3.47. The van der Waals surface area contributed by atoms with E-state index in [9.17, 15) is 0 Å². The highest BCUT2D eigenvalue weighted by atomic mass is 15.3. The Balaban J connectivity index is 1.68. The van der Waals surface area contributed by atoms with Crippen molar-refractivity contribution in [1.82, 2.24) is 9.80 Å². The second-order valence-electron chi connectivity index (χ2n) is 4.44. The minimum absolute atomic E-state index is 0.640. The Morgan fingerprint density at radius 1 is 1.33 bits per heavy atom. The van der Waals surface area contributed by atoms with Gasteiger partial charge in [-0.05, 0) is 37.9 Å². The smallest absolute Gasteiger partial charge is 0.0270 e. The summed E-state index contributed by atoms with van der Waals surface area (Å²) >= 11 is 0. The fraction of sp³-hybridized carbons (Fsp3) is 1.00. The van der Waals surface area contributed by atoms with E-state index in [0.717, 1.165) is 19.0 Å². The molecule has 0 aromatic rings. The highest BCUT2D eigenvalue weighted by Gasteiger charge is 2.29. The average molecular weight is 209 g/mol. The molecule has 5 heteroatoms. The Hall–Kier alpha value is -0.770. The van der Waals surface area contributed by atoms with Crippen LogP contribution in [0.15, 0.2) is 5.11 Å². The maximum Gasteiger partial charge on any atom is 0.0270 e. The van der Waals surface area contributed by atoms with Crippen LogP contribution in [0.5, 0.6) is 0 Å². The molecule has 0 bridgehead atoms. The first-order valence-electron chi connectivity index (χ1n) is 5.87. The van der Waals surface area contributed by atoms with Crippen LogP contribution < -0.4 is 0 Å². The fourth-order valence-electron chi connectivity index (χ4n) is 2.67. The van der Waals surface area contributed by atoms with Crippen LogP contribution >= 0.6 is 0 Å². The van der Waals surface area contributed by atoms with Crippen LogP contribution in [0.3, 0.4) is 0 Å². The van der Waals surface area contributed by atoms with Gasteiger partial charge in [-0.15, -0.1) is 0 Å². The van der Waals surface area contributed by atoms with Crippen molar-refractivity contribution in [2.24, 2.45) is 5.11 Å². The summed E-state index contributed by atoms with van der Waals surface area (Å²) in [6.45, 7) is 6.66. The number of fused-ring (bicyclic) bond motifs is 1. The predicted octanol–water partition coefficient (Wildman–Crippen LogP) is 1.47. The molecule has 0 aromatic heterocycles. The number of hydrogen-bond acceptors (Lipinski definition) is 3. The van der Waals surface area contributed by atoms with Gasteiger partial charge in [0.05, 0.1) is 0 Å². The molecule has 1 atom stereocenters. The van der Waals surface area contributed by atoms with Gasteiger partial charge in [-0.3, -0.25) is 4.90 Å². The van der Waals surface area contributed by atoms with Gasteiger partial charge in [-0.1, -0.05) is 5.11 Å². The van der Waals surface area contributed by atoms with Crippen LogP contribution in [0.2, 0.25) is 0 Å². The maximum atomic E-state index is 8.16. The Morgan fingerprint density at radius 3 is 3.13 bits per heavy atom. The molecule has 2 fully saturated rings. The first kappa shape index (κ1) is 10.7. The van der Waals surface area contributed by atoms with E-state index in [0.29, 0.717) is 6.54 Å². The summed E-state index contributed by atoms with van der Waals surface area (Å²) in [5.41, 5.74) is 8.16. The van der Waals surface area contributed by atoms with E-state index in [4.69, 9.17) is 5.53 Å². The third-order valence-corrected chi connectivity index (χ3v) is 3.47. The van der Waals surface area contributed by atoms with Gasteiger partial charge in [0.25, 0.3) is 0 Å². The van der Waals surface area contributed by atoms with Crippen LogP contribution in [0.1, 0.15) is 19.3 Å². The van der Waals surface area contributed by atoms with Crippen molar-refractivity contribution in [3.63, 3.8) is 0 Å². The van der Waals surface area contributed by atoms with Crippen molar-refractivity contribution in [3.8, 4) is 0 Å². The Morgan fingerprint density at radius 2 is 2.27 bits per heavy atom. The van der Waals surface area contributed by atoms with Gasteiger partial charge in [0.1, 0.15) is 0 Å². The maximum absolute atomic E-state index is 8.16. The van der Waals surface area contributed by atoms with Crippen molar-refractivity contribution < 1.29 is 0 Å². The largest absolute Gasteiger partial charge is 0.301 e. The summed E-state index contributed by atoms with van der Waals surface area (Å²) < 4.78 is 0. The van der Waals surface area contributed by atoms with Gasteiger partial charge in [0.2, 0.25) is 0 Å². The van der Waals surface area contributed by atoms with Crippen molar-refractivity contribution in [2.75, 3.05) is 39.3 Å². The lowest BCUT2D eigenvalue weighted by molar-refractivity contribution is 0.104. The Bertz CT molecular complexity index is 248. The molecular weight excluding hydrogens is 190 g/mol. The molecule has 15 heavy (non-hydrogen) atoms. The van der Waals surface area contributed by atoms with Crippen LogP contribution in [-0.4, -0.2) is 55.1 Å². The molecule has 2 aliphatic heterocycles. The molecule has 2 saturated heterocycles. The highest BCUT2D eigenvalue weighted by Crippen LogP contribution is 2.21. The molecule has 0 aromatic carbocycles. The predicted molar refractivity (Wildman–Crippen MR) is 59.7 cm³/mol. The van der Waals surface area contributed by atoms with Crippen LogP contribution in [0.25, 0.3) is 10.4 Å². The van der Waals surface area contributed by atoms with Gasteiger partial charge in [0.15, 0.2) is 0 Å². The number of rotatable bonds is 4. The second kappa shape index (κ2) is 5.35.